The van der Waals surface area contributed by atoms with E-state index in [4.69, 9.17) is 9.84 Å². The minimum Gasteiger partial charge on any atom is -0.395 e. The number of hydrogen-bond acceptors (Lipinski definition) is 3. The number of carbonyl (C=O) groups is 1. The molecule has 1 heterocycles. The molecular weight excluding hydrogens is 273 g/mol. The van der Waals surface area contributed by atoms with E-state index in [2.05, 4.69) is 3.53 Å². The molecule has 0 aromatic heterocycles. The molecule has 0 aliphatic carbocycles. The molecule has 0 bridgehead atoms. The largest absolute Gasteiger partial charge is 0.395 e. The van der Waals surface area contributed by atoms with Crippen molar-refractivity contribution in [2.75, 3.05) is 19.8 Å². The third-order valence-electron chi connectivity index (χ3n) is 2.32. The van der Waals surface area contributed by atoms with Crippen molar-refractivity contribution in [3.8, 4) is 0 Å². The molecule has 70 valence electrons. The van der Waals surface area contributed by atoms with Gasteiger partial charge in [0.1, 0.15) is 0 Å². The highest BCUT2D eigenvalue weighted by atomic mass is 127. The smallest absolute Gasteiger partial charge is 0.237 e. The Morgan fingerprint density at radius 2 is 2.17 bits per heavy atom. The zero-order valence-electron chi connectivity index (χ0n) is 6.68. The number of aliphatic hydroxyl groups excluding tert-OH is 1. The van der Waals surface area contributed by atoms with Crippen LogP contribution in [-0.4, -0.2) is 30.8 Å². The predicted molar refractivity (Wildman–Crippen MR) is 51.7 cm³/mol. The van der Waals surface area contributed by atoms with Gasteiger partial charge in [-0.05, 0) is 12.8 Å². The van der Waals surface area contributed by atoms with Crippen LogP contribution in [-0.2, 0) is 9.53 Å². The second-order valence-electron chi connectivity index (χ2n) is 2.97. The maximum absolute atomic E-state index is 11.4. The van der Waals surface area contributed by atoms with E-state index in [1.54, 1.807) is 22.9 Å². The first-order valence-corrected chi connectivity index (χ1v) is 4.93. The molecule has 4 nitrogen and oxygen atoms in total. The van der Waals surface area contributed by atoms with Crippen LogP contribution in [0, 0.1) is 5.41 Å². The van der Waals surface area contributed by atoms with Gasteiger partial charge in [0, 0.05) is 13.2 Å². The molecule has 1 aliphatic heterocycles. The standard InChI is InChI=1S/C7H12INO3/c8-9-6(11)7(5-10)1-3-12-4-2-7/h10H,1-5H2,(H,9,11). The van der Waals surface area contributed by atoms with Crippen molar-refractivity contribution in [2.45, 2.75) is 12.8 Å². The lowest BCUT2D eigenvalue weighted by atomic mass is 9.80. The van der Waals surface area contributed by atoms with Crippen LogP contribution in [0.5, 0.6) is 0 Å². The van der Waals surface area contributed by atoms with Crippen molar-refractivity contribution in [3.63, 3.8) is 0 Å². The summed E-state index contributed by atoms with van der Waals surface area (Å²) in [5, 5.41) is 9.12. The van der Waals surface area contributed by atoms with Gasteiger partial charge >= 0.3 is 0 Å². The lowest BCUT2D eigenvalue weighted by molar-refractivity contribution is -0.137. The van der Waals surface area contributed by atoms with Crippen LogP contribution >= 0.6 is 22.9 Å². The molecule has 12 heavy (non-hydrogen) atoms. The summed E-state index contributed by atoms with van der Waals surface area (Å²) in [5.41, 5.74) is -0.598. The Morgan fingerprint density at radius 3 is 2.58 bits per heavy atom. The SMILES string of the molecule is O=C(NI)C1(CO)CCOCC1. The predicted octanol–water partition coefficient (Wildman–Crippen LogP) is 0.242. The highest BCUT2D eigenvalue weighted by Crippen LogP contribution is 2.30. The second kappa shape index (κ2) is 4.38. The van der Waals surface area contributed by atoms with Gasteiger partial charge in [-0.2, -0.15) is 0 Å². The van der Waals surface area contributed by atoms with Crippen molar-refractivity contribution < 1.29 is 14.6 Å². The molecule has 0 atom stereocenters. The third-order valence-corrected chi connectivity index (χ3v) is 2.81. The molecule has 0 unspecified atom stereocenters. The number of nitrogens with one attached hydrogen (secondary N) is 1. The molecule has 5 heteroatoms. The van der Waals surface area contributed by atoms with Gasteiger partial charge in [0.05, 0.1) is 34.9 Å². The van der Waals surface area contributed by atoms with E-state index >= 15 is 0 Å². The van der Waals surface area contributed by atoms with Crippen LogP contribution in [0.2, 0.25) is 0 Å². The Balaban J connectivity index is 2.66. The van der Waals surface area contributed by atoms with Crippen LogP contribution in [0.1, 0.15) is 12.8 Å². The van der Waals surface area contributed by atoms with E-state index in [-0.39, 0.29) is 12.5 Å². The molecule has 1 saturated heterocycles. The first-order valence-electron chi connectivity index (χ1n) is 3.85. The van der Waals surface area contributed by atoms with Crippen LogP contribution < -0.4 is 3.53 Å². The Bertz CT molecular complexity index is 168. The van der Waals surface area contributed by atoms with Gasteiger partial charge in [0.15, 0.2) is 0 Å². The fraction of sp³-hybridized carbons (Fsp3) is 0.857. The number of ether oxygens (including phenoxy) is 1. The fourth-order valence-corrected chi connectivity index (χ4v) is 1.89. The van der Waals surface area contributed by atoms with Gasteiger partial charge in [-0.15, -0.1) is 0 Å². The van der Waals surface area contributed by atoms with Crippen LogP contribution in [0.25, 0.3) is 0 Å². The number of hydrogen-bond donors (Lipinski definition) is 2. The molecule has 0 aromatic carbocycles. The molecule has 1 rings (SSSR count). The molecular formula is C7H12INO3. The molecule has 0 aromatic rings. The summed E-state index contributed by atoms with van der Waals surface area (Å²) >= 11 is 1.80. The van der Waals surface area contributed by atoms with Gasteiger partial charge in [-0.1, -0.05) is 0 Å². The van der Waals surface area contributed by atoms with E-state index in [1.807, 2.05) is 0 Å². The Kier molecular flexibility index (Phi) is 3.73. The maximum atomic E-state index is 11.4. The van der Waals surface area contributed by atoms with Crippen molar-refractivity contribution in [1.29, 1.82) is 0 Å². The Morgan fingerprint density at radius 1 is 1.58 bits per heavy atom. The van der Waals surface area contributed by atoms with E-state index in [9.17, 15) is 4.79 Å². The zero-order chi connectivity index (χ0) is 9.03. The van der Waals surface area contributed by atoms with Crippen molar-refractivity contribution in [2.24, 2.45) is 5.41 Å². The summed E-state index contributed by atoms with van der Waals surface area (Å²) in [7, 11) is 0. The topological polar surface area (TPSA) is 58.6 Å². The monoisotopic (exact) mass is 285 g/mol. The average molecular weight is 285 g/mol. The van der Waals surface area contributed by atoms with Gasteiger partial charge in [0.2, 0.25) is 5.91 Å². The number of carbonyl (C=O) groups excluding carboxylic acids is 1. The summed E-state index contributed by atoms with van der Waals surface area (Å²) < 4.78 is 7.67. The summed E-state index contributed by atoms with van der Waals surface area (Å²) in [6.07, 6.45) is 1.22. The van der Waals surface area contributed by atoms with Crippen LogP contribution in [0.3, 0.4) is 0 Å². The van der Waals surface area contributed by atoms with Crippen molar-refractivity contribution >= 4 is 28.8 Å². The number of aliphatic hydroxyl groups is 1. The van der Waals surface area contributed by atoms with Crippen molar-refractivity contribution in [3.05, 3.63) is 0 Å². The summed E-state index contributed by atoms with van der Waals surface area (Å²) in [6, 6.07) is 0. The molecule has 1 amide bonds. The highest BCUT2D eigenvalue weighted by molar-refractivity contribution is 14.1. The quantitative estimate of drug-likeness (QED) is 0.564. The summed E-state index contributed by atoms with van der Waals surface area (Å²) in [5.74, 6) is -0.0890. The minimum atomic E-state index is -0.598. The fourth-order valence-electron chi connectivity index (χ4n) is 1.32. The Hall–Kier alpha value is 0.120. The molecule has 1 aliphatic rings. The summed E-state index contributed by atoms with van der Waals surface area (Å²) in [6.45, 7) is 1.03. The van der Waals surface area contributed by atoms with Gasteiger partial charge in [0.25, 0.3) is 0 Å². The van der Waals surface area contributed by atoms with Crippen LogP contribution in [0.4, 0.5) is 0 Å². The third kappa shape index (κ3) is 1.89. The maximum Gasteiger partial charge on any atom is 0.237 e. The normalized spacial score (nSPS) is 21.8. The highest BCUT2D eigenvalue weighted by Gasteiger charge is 2.39. The van der Waals surface area contributed by atoms with Gasteiger partial charge < -0.3 is 9.84 Å². The number of amides is 1. The first-order chi connectivity index (χ1) is 5.75. The molecule has 1 fully saturated rings. The zero-order valence-corrected chi connectivity index (χ0v) is 8.83. The number of rotatable bonds is 2. The van der Waals surface area contributed by atoms with E-state index < -0.39 is 5.41 Å². The lowest BCUT2D eigenvalue weighted by Crippen LogP contribution is -2.44. The lowest BCUT2D eigenvalue weighted by Gasteiger charge is -2.32. The first kappa shape index (κ1) is 10.2. The van der Waals surface area contributed by atoms with Gasteiger partial charge in [-0.3, -0.25) is 8.32 Å². The van der Waals surface area contributed by atoms with E-state index in [1.165, 1.54) is 0 Å². The van der Waals surface area contributed by atoms with E-state index in [0.29, 0.717) is 26.1 Å². The Labute approximate surface area is 85.2 Å². The molecule has 2 N–H and O–H groups in total. The molecule has 0 saturated carbocycles. The molecule has 0 radical (unpaired) electrons. The minimum absolute atomic E-state index is 0.0890. The second-order valence-corrected chi connectivity index (χ2v) is 3.51. The number of halogens is 1. The van der Waals surface area contributed by atoms with Gasteiger partial charge in [-0.25, -0.2) is 0 Å². The molecule has 0 spiro atoms. The van der Waals surface area contributed by atoms with E-state index in [0.717, 1.165) is 0 Å². The van der Waals surface area contributed by atoms with Crippen LogP contribution in [0.15, 0.2) is 0 Å². The van der Waals surface area contributed by atoms with Crippen molar-refractivity contribution in [1.82, 2.24) is 3.53 Å². The average Bonchev–Trinajstić information content (AvgIpc) is 2.17. The summed E-state index contributed by atoms with van der Waals surface area (Å²) in [4.78, 5) is 11.4.